The fourth-order valence-corrected chi connectivity index (χ4v) is 2.10. The lowest BCUT2D eigenvalue weighted by molar-refractivity contribution is 0.0164. The van der Waals surface area contributed by atoms with E-state index in [9.17, 15) is 13.9 Å². The summed E-state index contributed by atoms with van der Waals surface area (Å²) in [4.78, 5) is 0. The zero-order chi connectivity index (χ0) is 11.1. The van der Waals surface area contributed by atoms with Gasteiger partial charge in [-0.05, 0) is 13.0 Å². The van der Waals surface area contributed by atoms with Crippen LogP contribution in [0.4, 0.5) is 8.78 Å². The van der Waals surface area contributed by atoms with Gasteiger partial charge in [0.2, 0.25) is 0 Å². The summed E-state index contributed by atoms with van der Waals surface area (Å²) in [5.41, 5.74) is -0.309. The van der Waals surface area contributed by atoms with Crippen LogP contribution in [0, 0.1) is 0 Å². The van der Waals surface area contributed by atoms with E-state index in [-0.39, 0.29) is 31.1 Å². The lowest BCUT2D eigenvalue weighted by atomic mass is 9.89. The first-order chi connectivity index (χ1) is 6.93. The van der Waals surface area contributed by atoms with E-state index >= 15 is 0 Å². The van der Waals surface area contributed by atoms with Gasteiger partial charge in [0.1, 0.15) is 5.75 Å². The first kappa shape index (κ1) is 13.2. The normalized spacial score (nSPS) is 27.4. The van der Waals surface area contributed by atoms with Gasteiger partial charge in [-0.1, -0.05) is 18.2 Å². The molecule has 1 atom stereocenters. The molecule has 16 heavy (non-hydrogen) atoms. The summed E-state index contributed by atoms with van der Waals surface area (Å²) in [5.74, 6) is -2.64. The molecule has 0 aromatic heterocycles. The van der Waals surface area contributed by atoms with Crippen molar-refractivity contribution < 1.29 is 13.9 Å². The number of benzene rings is 1. The van der Waals surface area contributed by atoms with Gasteiger partial charge < -0.3 is 10.4 Å². The lowest BCUT2D eigenvalue weighted by Crippen LogP contribution is -2.33. The summed E-state index contributed by atoms with van der Waals surface area (Å²) in [7, 11) is 0. The summed E-state index contributed by atoms with van der Waals surface area (Å²) < 4.78 is 26.2. The molecule has 0 bridgehead atoms. The van der Waals surface area contributed by atoms with Crippen molar-refractivity contribution in [2.45, 2.75) is 24.8 Å². The SMILES string of the molecule is CC1(c2ccccc2O)CC(F)(F)CN1.Cl. The number of halogens is 3. The van der Waals surface area contributed by atoms with Gasteiger partial charge in [-0.25, -0.2) is 8.78 Å². The standard InChI is InChI=1S/C11H13F2NO.ClH/c1-10(6-11(12,13)7-14-10)8-4-2-3-5-9(8)15;/h2-5,14-15H,6-7H2,1H3;1H. The molecule has 0 saturated carbocycles. The molecule has 0 aliphatic carbocycles. The van der Waals surface area contributed by atoms with Crippen molar-refractivity contribution in [2.24, 2.45) is 0 Å². The van der Waals surface area contributed by atoms with Gasteiger partial charge in [0.15, 0.2) is 0 Å². The fourth-order valence-electron chi connectivity index (χ4n) is 2.10. The highest BCUT2D eigenvalue weighted by molar-refractivity contribution is 5.85. The number of rotatable bonds is 1. The highest BCUT2D eigenvalue weighted by atomic mass is 35.5. The number of nitrogens with one attached hydrogen (secondary N) is 1. The molecular weight excluding hydrogens is 236 g/mol. The second kappa shape index (κ2) is 4.18. The number of phenolic OH excluding ortho intramolecular Hbond substituents is 1. The van der Waals surface area contributed by atoms with E-state index in [1.807, 2.05) is 0 Å². The maximum atomic E-state index is 13.1. The Labute approximate surface area is 99.1 Å². The van der Waals surface area contributed by atoms with Gasteiger partial charge in [0.05, 0.1) is 12.1 Å². The average molecular weight is 250 g/mol. The van der Waals surface area contributed by atoms with Gasteiger partial charge >= 0.3 is 0 Å². The second-order valence-corrected chi connectivity index (χ2v) is 4.24. The molecule has 1 heterocycles. The number of para-hydroxylation sites is 1. The first-order valence-corrected chi connectivity index (χ1v) is 4.84. The molecule has 0 amide bonds. The van der Waals surface area contributed by atoms with Gasteiger partial charge in [-0.3, -0.25) is 0 Å². The molecule has 1 fully saturated rings. The van der Waals surface area contributed by atoms with Crippen LogP contribution in [0.3, 0.4) is 0 Å². The van der Waals surface area contributed by atoms with Gasteiger partial charge in [0, 0.05) is 12.0 Å². The van der Waals surface area contributed by atoms with E-state index in [1.165, 1.54) is 6.07 Å². The van der Waals surface area contributed by atoms with E-state index in [0.717, 1.165) is 0 Å². The smallest absolute Gasteiger partial charge is 0.262 e. The summed E-state index contributed by atoms with van der Waals surface area (Å²) >= 11 is 0. The predicted molar refractivity (Wildman–Crippen MR) is 60.3 cm³/mol. The van der Waals surface area contributed by atoms with E-state index in [0.29, 0.717) is 5.56 Å². The molecule has 1 aromatic carbocycles. The van der Waals surface area contributed by atoms with E-state index < -0.39 is 11.5 Å². The van der Waals surface area contributed by atoms with Crippen molar-refractivity contribution in [3.05, 3.63) is 29.8 Å². The van der Waals surface area contributed by atoms with Gasteiger partial charge in [0.25, 0.3) is 5.92 Å². The third-order valence-corrected chi connectivity index (χ3v) is 2.85. The molecular formula is C11H14ClF2NO. The molecule has 1 saturated heterocycles. The van der Waals surface area contributed by atoms with Crippen molar-refractivity contribution in [3.63, 3.8) is 0 Å². The minimum Gasteiger partial charge on any atom is -0.508 e. The Morgan fingerprint density at radius 2 is 1.94 bits per heavy atom. The van der Waals surface area contributed by atoms with Crippen LogP contribution in [0.2, 0.25) is 0 Å². The number of aromatic hydroxyl groups is 1. The average Bonchev–Trinajstić information content (AvgIpc) is 2.42. The molecule has 5 heteroatoms. The molecule has 2 nitrogen and oxygen atoms in total. The summed E-state index contributed by atoms with van der Waals surface area (Å²) in [6.07, 6.45) is -0.280. The molecule has 1 unspecified atom stereocenters. The van der Waals surface area contributed by atoms with Crippen LogP contribution in [0.25, 0.3) is 0 Å². The number of hydrogen-bond acceptors (Lipinski definition) is 2. The second-order valence-electron chi connectivity index (χ2n) is 4.24. The quantitative estimate of drug-likeness (QED) is 0.802. The Morgan fingerprint density at radius 1 is 1.31 bits per heavy atom. The van der Waals surface area contributed by atoms with E-state index in [2.05, 4.69) is 5.32 Å². The van der Waals surface area contributed by atoms with Crippen molar-refractivity contribution in [1.82, 2.24) is 5.32 Å². The lowest BCUT2D eigenvalue weighted by Gasteiger charge is -2.25. The van der Waals surface area contributed by atoms with Crippen LogP contribution in [-0.4, -0.2) is 17.6 Å². The predicted octanol–water partition coefficient (Wildman–Crippen LogP) is 2.66. The molecule has 2 rings (SSSR count). The van der Waals surface area contributed by atoms with Crippen molar-refractivity contribution in [1.29, 1.82) is 0 Å². The fraction of sp³-hybridized carbons (Fsp3) is 0.455. The highest BCUT2D eigenvalue weighted by Gasteiger charge is 2.48. The molecule has 90 valence electrons. The zero-order valence-electron chi connectivity index (χ0n) is 8.84. The van der Waals surface area contributed by atoms with E-state index in [1.54, 1.807) is 25.1 Å². The third kappa shape index (κ3) is 2.28. The third-order valence-electron chi connectivity index (χ3n) is 2.85. The molecule has 0 spiro atoms. The molecule has 2 N–H and O–H groups in total. The number of hydrogen-bond donors (Lipinski definition) is 2. The van der Waals surface area contributed by atoms with Crippen LogP contribution in [-0.2, 0) is 5.54 Å². The van der Waals surface area contributed by atoms with E-state index in [4.69, 9.17) is 0 Å². The number of alkyl halides is 2. The summed E-state index contributed by atoms with van der Waals surface area (Å²) in [6.45, 7) is 1.35. The minimum absolute atomic E-state index is 0. The monoisotopic (exact) mass is 249 g/mol. The first-order valence-electron chi connectivity index (χ1n) is 4.84. The molecule has 1 aromatic rings. The van der Waals surface area contributed by atoms with Crippen LogP contribution in [0.15, 0.2) is 24.3 Å². The number of phenols is 1. The maximum Gasteiger partial charge on any atom is 0.262 e. The van der Waals surface area contributed by atoms with Crippen LogP contribution in [0.1, 0.15) is 18.9 Å². The zero-order valence-corrected chi connectivity index (χ0v) is 9.65. The van der Waals surface area contributed by atoms with Crippen molar-refractivity contribution in [3.8, 4) is 5.75 Å². The van der Waals surface area contributed by atoms with Crippen LogP contribution >= 0.6 is 12.4 Å². The summed E-state index contributed by atoms with van der Waals surface area (Å²) in [6, 6.07) is 6.59. The van der Waals surface area contributed by atoms with Crippen LogP contribution in [0.5, 0.6) is 5.75 Å². The molecule has 0 radical (unpaired) electrons. The van der Waals surface area contributed by atoms with Gasteiger partial charge in [-0.15, -0.1) is 12.4 Å². The van der Waals surface area contributed by atoms with Gasteiger partial charge in [-0.2, -0.15) is 0 Å². The summed E-state index contributed by atoms with van der Waals surface area (Å²) in [5, 5.41) is 12.4. The Balaban J connectivity index is 0.00000128. The molecule has 1 aliphatic rings. The van der Waals surface area contributed by atoms with Crippen molar-refractivity contribution in [2.75, 3.05) is 6.54 Å². The van der Waals surface area contributed by atoms with Crippen LogP contribution < -0.4 is 5.32 Å². The highest BCUT2D eigenvalue weighted by Crippen LogP contribution is 2.41. The maximum absolute atomic E-state index is 13.1. The topological polar surface area (TPSA) is 32.3 Å². The Bertz CT molecular complexity index is 386. The van der Waals surface area contributed by atoms with Crippen molar-refractivity contribution >= 4 is 12.4 Å². The Morgan fingerprint density at radius 3 is 2.44 bits per heavy atom. The minimum atomic E-state index is -2.70. The Kier molecular flexibility index (Phi) is 3.45. The molecule has 1 aliphatic heterocycles. The Hall–Kier alpha value is -0.870. The largest absolute Gasteiger partial charge is 0.508 e.